The summed E-state index contributed by atoms with van der Waals surface area (Å²) in [5.41, 5.74) is -0.147. The van der Waals surface area contributed by atoms with Crippen molar-refractivity contribution in [3.05, 3.63) is 20.8 Å². The van der Waals surface area contributed by atoms with E-state index in [1.807, 2.05) is 5.32 Å². The molecule has 0 amide bonds. The maximum Gasteiger partial charge on any atom is 0.332 e. The first-order chi connectivity index (χ1) is 13.0. The maximum atomic E-state index is 12.8. The van der Waals surface area contributed by atoms with E-state index in [9.17, 15) is 14.7 Å². The molecule has 0 spiro atoms. The van der Waals surface area contributed by atoms with Crippen LogP contribution in [0.1, 0.15) is 19.3 Å². The van der Waals surface area contributed by atoms with Gasteiger partial charge in [0.15, 0.2) is 11.2 Å². The number of hydrogen-bond acceptors (Lipinski definition) is 6. The summed E-state index contributed by atoms with van der Waals surface area (Å²) >= 11 is 0. The molecule has 3 heterocycles. The van der Waals surface area contributed by atoms with E-state index >= 15 is 0 Å². The van der Waals surface area contributed by atoms with Crippen LogP contribution in [-0.4, -0.2) is 67.8 Å². The van der Waals surface area contributed by atoms with E-state index < -0.39 is 17.4 Å². The number of imidazole rings is 1. The number of piperidine rings is 1. The molecule has 158 valence electrons. The van der Waals surface area contributed by atoms with Crippen LogP contribution in [-0.2, 0) is 20.6 Å². The molecule has 1 saturated heterocycles. The molecule has 3 rings (SSSR count). The second-order valence-electron chi connectivity index (χ2n) is 7.14. The molecule has 1 aliphatic rings. The van der Waals surface area contributed by atoms with Crippen molar-refractivity contribution in [2.45, 2.75) is 31.9 Å². The summed E-state index contributed by atoms with van der Waals surface area (Å²) in [5, 5.41) is 21.2. The highest BCUT2D eigenvalue weighted by molar-refractivity contribution is 5.74. The average Bonchev–Trinajstić information content (AvgIpc) is 3.05. The summed E-state index contributed by atoms with van der Waals surface area (Å²) in [7, 11) is 3.06. The van der Waals surface area contributed by atoms with Gasteiger partial charge in [-0.2, -0.15) is 4.98 Å². The Kier molecular flexibility index (Phi) is 7.64. The minimum absolute atomic E-state index is 0. The van der Waals surface area contributed by atoms with Crippen LogP contribution in [0.4, 0.5) is 5.95 Å². The Hall–Kier alpha value is -1.88. The van der Waals surface area contributed by atoms with Gasteiger partial charge in [0.2, 0.25) is 5.95 Å². The Morgan fingerprint density at radius 2 is 1.82 bits per heavy atom. The van der Waals surface area contributed by atoms with Gasteiger partial charge < -0.3 is 37.4 Å². The van der Waals surface area contributed by atoms with Crippen LogP contribution in [0.5, 0.6) is 0 Å². The van der Waals surface area contributed by atoms with Gasteiger partial charge in [-0.3, -0.25) is 13.9 Å². The van der Waals surface area contributed by atoms with Crippen molar-refractivity contribution < 1.29 is 27.9 Å². The Bertz CT molecular complexity index is 915. The van der Waals surface area contributed by atoms with E-state index in [-0.39, 0.29) is 25.6 Å². The number of anilines is 1. The van der Waals surface area contributed by atoms with Gasteiger partial charge in [0, 0.05) is 27.2 Å². The molecule has 1 atom stereocenters. The van der Waals surface area contributed by atoms with Crippen LogP contribution in [0.2, 0.25) is 0 Å². The van der Waals surface area contributed by atoms with Gasteiger partial charge in [-0.25, -0.2) is 4.79 Å². The van der Waals surface area contributed by atoms with E-state index in [1.54, 1.807) is 11.6 Å². The molecular weight excluding hydrogens is 388 g/mol. The van der Waals surface area contributed by atoms with Crippen molar-refractivity contribution in [2.75, 3.05) is 37.7 Å². The molecule has 11 heteroatoms. The SMILES string of the molecule is Cn1c(=O)c2c(nc(N3CCCCC3)n2CC(O)C[NH2+]CCO)n(C)c1=O.[Cl-]. The number of aryl methyl sites for hydroxylation is 1. The first kappa shape index (κ1) is 22.4. The number of nitrogens with two attached hydrogens (primary N) is 1. The topological polar surface area (TPSA) is 122 Å². The van der Waals surface area contributed by atoms with Crippen molar-refractivity contribution in [3.8, 4) is 0 Å². The lowest BCUT2D eigenvalue weighted by Gasteiger charge is -2.28. The van der Waals surface area contributed by atoms with Gasteiger partial charge in [-0.15, -0.1) is 0 Å². The zero-order chi connectivity index (χ0) is 19.6. The number of aromatic nitrogens is 4. The molecule has 10 nitrogen and oxygen atoms in total. The Labute approximate surface area is 168 Å². The smallest absolute Gasteiger partial charge is 0.332 e. The summed E-state index contributed by atoms with van der Waals surface area (Å²) in [6.07, 6.45) is 2.55. The van der Waals surface area contributed by atoms with Crippen LogP contribution in [0.25, 0.3) is 11.2 Å². The van der Waals surface area contributed by atoms with Gasteiger partial charge in [0.25, 0.3) is 5.56 Å². The van der Waals surface area contributed by atoms with Crippen LogP contribution in [0, 0.1) is 0 Å². The largest absolute Gasteiger partial charge is 1.00 e. The molecule has 0 aromatic carbocycles. The fraction of sp³-hybridized carbons (Fsp3) is 0.706. The predicted molar refractivity (Wildman–Crippen MR) is 101 cm³/mol. The quantitative estimate of drug-likeness (QED) is 0.387. The number of quaternary nitrogens is 1. The van der Waals surface area contributed by atoms with Gasteiger partial charge in [0.05, 0.1) is 19.7 Å². The first-order valence-electron chi connectivity index (χ1n) is 9.47. The molecule has 0 radical (unpaired) electrons. The van der Waals surface area contributed by atoms with Crippen LogP contribution in [0.15, 0.2) is 9.59 Å². The highest BCUT2D eigenvalue weighted by Crippen LogP contribution is 2.23. The van der Waals surface area contributed by atoms with E-state index in [0.29, 0.717) is 30.2 Å². The van der Waals surface area contributed by atoms with Crippen molar-refractivity contribution in [3.63, 3.8) is 0 Å². The fourth-order valence-electron chi connectivity index (χ4n) is 3.63. The second kappa shape index (κ2) is 9.55. The molecule has 0 bridgehead atoms. The van der Waals surface area contributed by atoms with Gasteiger partial charge in [-0.05, 0) is 19.3 Å². The number of hydrogen-bond donors (Lipinski definition) is 3. The van der Waals surface area contributed by atoms with Gasteiger partial charge >= 0.3 is 5.69 Å². The summed E-state index contributed by atoms with van der Waals surface area (Å²) in [6.45, 7) is 2.84. The summed E-state index contributed by atoms with van der Waals surface area (Å²) in [5.74, 6) is 0.629. The predicted octanol–water partition coefficient (Wildman–Crippen LogP) is -5.66. The summed E-state index contributed by atoms with van der Waals surface area (Å²) < 4.78 is 4.20. The zero-order valence-corrected chi connectivity index (χ0v) is 17.1. The maximum absolute atomic E-state index is 12.8. The van der Waals surface area contributed by atoms with E-state index in [1.165, 1.54) is 11.6 Å². The summed E-state index contributed by atoms with van der Waals surface area (Å²) in [4.78, 5) is 31.8. The first-order valence-corrected chi connectivity index (χ1v) is 9.47. The lowest BCUT2D eigenvalue weighted by atomic mass is 10.1. The summed E-state index contributed by atoms with van der Waals surface area (Å²) in [6, 6.07) is 0. The van der Waals surface area contributed by atoms with E-state index in [0.717, 1.165) is 36.9 Å². The Morgan fingerprint density at radius 3 is 2.46 bits per heavy atom. The van der Waals surface area contributed by atoms with Gasteiger partial charge in [-0.1, -0.05) is 0 Å². The molecule has 1 aliphatic heterocycles. The molecule has 2 aromatic rings. The normalized spacial score (nSPS) is 15.6. The third-order valence-corrected chi connectivity index (χ3v) is 5.13. The standard InChI is InChI=1S/C17H28N6O4.ClH/c1-20-14-13(15(26)21(2)17(20)27)23(11-12(25)10-18-6-9-24)16(19-14)22-7-4-3-5-8-22;/h12,18,24-25H,3-11H2,1-2H3;1H. The number of aliphatic hydroxyl groups is 2. The van der Waals surface area contributed by atoms with Crippen molar-refractivity contribution in [1.29, 1.82) is 0 Å². The second-order valence-corrected chi connectivity index (χ2v) is 7.14. The number of halogens is 1. The third kappa shape index (κ3) is 4.24. The number of nitrogens with zero attached hydrogens (tertiary/aromatic N) is 5. The highest BCUT2D eigenvalue weighted by Gasteiger charge is 2.25. The van der Waals surface area contributed by atoms with Crippen molar-refractivity contribution >= 4 is 17.1 Å². The monoisotopic (exact) mass is 416 g/mol. The number of rotatable bonds is 7. The van der Waals surface area contributed by atoms with Gasteiger partial charge in [0.1, 0.15) is 12.6 Å². The lowest BCUT2D eigenvalue weighted by Crippen LogP contribution is -3.00. The molecule has 1 fully saturated rings. The number of fused-ring (bicyclic) bond motifs is 1. The molecule has 0 saturated carbocycles. The zero-order valence-electron chi connectivity index (χ0n) is 16.3. The molecule has 0 aliphatic carbocycles. The van der Waals surface area contributed by atoms with Crippen LogP contribution < -0.4 is 33.9 Å². The Morgan fingerprint density at radius 1 is 1.14 bits per heavy atom. The van der Waals surface area contributed by atoms with Crippen molar-refractivity contribution in [2.24, 2.45) is 14.1 Å². The Balaban J connectivity index is 0.00000280. The minimum atomic E-state index is -0.709. The molecule has 4 N–H and O–H groups in total. The molecular formula is C17H29ClN6O4. The van der Waals surface area contributed by atoms with Crippen LogP contribution in [0.3, 0.4) is 0 Å². The van der Waals surface area contributed by atoms with E-state index in [4.69, 9.17) is 5.11 Å². The molecule has 2 aromatic heterocycles. The van der Waals surface area contributed by atoms with Crippen molar-refractivity contribution in [1.82, 2.24) is 18.7 Å². The fourth-order valence-corrected chi connectivity index (χ4v) is 3.63. The van der Waals surface area contributed by atoms with E-state index in [2.05, 4.69) is 9.88 Å². The third-order valence-electron chi connectivity index (χ3n) is 5.13. The lowest BCUT2D eigenvalue weighted by molar-refractivity contribution is -0.662. The minimum Gasteiger partial charge on any atom is -1.00 e. The average molecular weight is 417 g/mol. The van der Waals surface area contributed by atoms with Crippen LogP contribution >= 0.6 is 0 Å². The highest BCUT2D eigenvalue weighted by atomic mass is 35.5. The molecule has 28 heavy (non-hydrogen) atoms. The molecule has 1 unspecified atom stereocenters. The number of aliphatic hydroxyl groups excluding tert-OH is 2.